The maximum atomic E-state index is 10.6. The van der Waals surface area contributed by atoms with Crippen LogP contribution in [0.4, 0.5) is 0 Å². The first-order valence-corrected chi connectivity index (χ1v) is 8.84. The zero-order valence-electron chi connectivity index (χ0n) is 12.4. The minimum Gasteiger partial charge on any atom is -0.387 e. The van der Waals surface area contributed by atoms with Crippen LogP contribution in [0.1, 0.15) is 62.3 Å². The van der Waals surface area contributed by atoms with E-state index in [9.17, 15) is 5.11 Å². The van der Waals surface area contributed by atoms with Crippen LogP contribution in [0.3, 0.4) is 0 Å². The summed E-state index contributed by atoms with van der Waals surface area (Å²) in [6.45, 7) is 9.12. The molecule has 0 spiro atoms. The maximum absolute atomic E-state index is 10.6. The van der Waals surface area contributed by atoms with Crippen LogP contribution in [0, 0.1) is 24.2 Å². The molecule has 1 aliphatic carbocycles. The fourth-order valence-corrected chi connectivity index (χ4v) is 4.80. The predicted octanol–water partition coefficient (Wildman–Crippen LogP) is 5.70. The second kappa shape index (κ2) is 5.87. The highest BCUT2D eigenvalue weighted by Gasteiger charge is 2.33. The Bertz CT molecular complexity index is 405. The average molecular weight is 345 g/mol. The molecule has 0 radical (unpaired) electrons. The van der Waals surface area contributed by atoms with E-state index in [1.165, 1.54) is 17.7 Å². The molecule has 1 N–H and O–H groups in total. The van der Waals surface area contributed by atoms with E-state index in [-0.39, 0.29) is 6.10 Å². The quantitative estimate of drug-likeness (QED) is 0.728. The fraction of sp³-hybridized carbons (Fsp3) is 0.750. The molecule has 1 aromatic heterocycles. The Balaban J connectivity index is 1.98. The van der Waals surface area contributed by atoms with Crippen LogP contribution in [0.25, 0.3) is 0 Å². The van der Waals surface area contributed by atoms with Gasteiger partial charge in [-0.1, -0.05) is 20.8 Å². The SMILES string of the molecule is Cc1sc(C(O)C2CCC(C(C)(C)C)CC2)cc1Br. The second-order valence-corrected chi connectivity index (χ2v) is 9.12. The third-order valence-electron chi connectivity index (χ3n) is 4.61. The number of hydrogen-bond acceptors (Lipinski definition) is 2. The van der Waals surface area contributed by atoms with E-state index in [4.69, 9.17) is 0 Å². The van der Waals surface area contributed by atoms with E-state index >= 15 is 0 Å². The standard InChI is InChI=1S/C16H25BrOS/c1-10-13(17)9-14(19-10)15(18)11-5-7-12(8-6-11)16(2,3)4/h9,11-12,15,18H,5-8H2,1-4H3. The number of aliphatic hydroxyl groups is 1. The van der Waals surface area contributed by atoms with E-state index < -0.39 is 0 Å². The molecule has 1 atom stereocenters. The van der Waals surface area contributed by atoms with E-state index in [1.807, 2.05) is 0 Å². The molecule has 1 aromatic rings. The highest BCUT2D eigenvalue weighted by molar-refractivity contribution is 9.10. The number of thiophene rings is 1. The Morgan fingerprint density at radius 3 is 2.26 bits per heavy atom. The Morgan fingerprint density at radius 1 is 1.26 bits per heavy atom. The summed E-state index contributed by atoms with van der Waals surface area (Å²) in [5, 5.41) is 10.6. The van der Waals surface area contributed by atoms with Gasteiger partial charge in [-0.15, -0.1) is 11.3 Å². The number of aliphatic hydroxyl groups excluding tert-OH is 1. The summed E-state index contributed by atoms with van der Waals surface area (Å²) >= 11 is 5.27. The Labute approximate surface area is 129 Å². The second-order valence-electron chi connectivity index (χ2n) is 6.98. The van der Waals surface area contributed by atoms with Crippen LogP contribution >= 0.6 is 27.3 Å². The van der Waals surface area contributed by atoms with Gasteiger partial charge in [0.2, 0.25) is 0 Å². The van der Waals surface area contributed by atoms with Crippen LogP contribution in [0.15, 0.2) is 10.5 Å². The van der Waals surface area contributed by atoms with Gasteiger partial charge in [0.25, 0.3) is 0 Å². The number of aryl methyl sites for hydroxylation is 1. The van der Waals surface area contributed by atoms with Crippen molar-refractivity contribution in [3.05, 3.63) is 20.3 Å². The number of halogens is 1. The highest BCUT2D eigenvalue weighted by atomic mass is 79.9. The van der Waals surface area contributed by atoms with Gasteiger partial charge in [-0.2, -0.15) is 0 Å². The molecule has 0 saturated heterocycles. The number of hydrogen-bond donors (Lipinski definition) is 1. The lowest BCUT2D eigenvalue weighted by molar-refractivity contribution is 0.0549. The maximum Gasteiger partial charge on any atom is 0.0910 e. The van der Waals surface area contributed by atoms with Crippen LogP contribution in [0.5, 0.6) is 0 Å². The smallest absolute Gasteiger partial charge is 0.0910 e. The summed E-state index contributed by atoms with van der Waals surface area (Å²) in [7, 11) is 0. The van der Waals surface area contributed by atoms with Crippen molar-refractivity contribution in [3.8, 4) is 0 Å². The molecule has 19 heavy (non-hydrogen) atoms. The molecule has 1 heterocycles. The van der Waals surface area contributed by atoms with Crippen LogP contribution < -0.4 is 0 Å². The lowest BCUT2D eigenvalue weighted by Crippen LogP contribution is -2.27. The van der Waals surface area contributed by atoms with Crippen LogP contribution in [-0.2, 0) is 0 Å². The van der Waals surface area contributed by atoms with Crippen molar-refractivity contribution < 1.29 is 5.11 Å². The Kier molecular flexibility index (Phi) is 4.79. The Morgan fingerprint density at radius 2 is 1.84 bits per heavy atom. The third kappa shape index (κ3) is 3.62. The minimum atomic E-state index is -0.268. The molecule has 1 nitrogen and oxygen atoms in total. The highest BCUT2D eigenvalue weighted by Crippen LogP contribution is 2.44. The monoisotopic (exact) mass is 344 g/mol. The largest absolute Gasteiger partial charge is 0.387 e. The van der Waals surface area contributed by atoms with Crippen molar-refractivity contribution in [1.82, 2.24) is 0 Å². The molecular weight excluding hydrogens is 320 g/mol. The van der Waals surface area contributed by atoms with E-state index in [0.717, 1.165) is 28.1 Å². The molecule has 1 fully saturated rings. The summed E-state index contributed by atoms with van der Waals surface area (Å²) < 4.78 is 1.13. The summed E-state index contributed by atoms with van der Waals surface area (Å²) in [6.07, 6.45) is 4.58. The first-order valence-electron chi connectivity index (χ1n) is 7.23. The van der Waals surface area contributed by atoms with Crippen molar-refractivity contribution in [2.45, 2.75) is 59.5 Å². The van der Waals surface area contributed by atoms with Gasteiger partial charge in [0.05, 0.1) is 6.10 Å². The van der Waals surface area contributed by atoms with Crippen LogP contribution in [0.2, 0.25) is 0 Å². The molecule has 1 unspecified atom stereocenters. The molecule has 2 rings (SSSR count). The van der Waals surface area contributed by atoms with E-state index in [2.05, 4.69) is 49.7 Å². The summed E-state index contributed by atoms with van der Waals surface area (Å²) in [5.74, 6) is 1.26. The molecule has 3 heteroatoms. The molecule has 0 aliphatic heterocycles. The predicted molar refractivity (Wildman–Crippen MR) is 86.6 cm³/mol. The summed E-state index contributed by atoms with van der Waals surface area (Å²) in [6, 6.07) is 2.10. The van der Waals surface area contributed by atoms with Gasteiger partial charge in [-0.05, 0) is 71.9 Å². The first-order chi connectivity index (χ1) is 8.79. The van der Waals surface area contributed by atoms with Crippen molar-refractivity contribution in [2.75, 3.05) is 0 Å². The van der Waals surface area contributed by atoms with E-state index in [1.54, 1.807) is 11.3 Å². The molecule has 0 aromatic carbocycles. The van der Waals surface area contributed by atoms with Crippen molar-refractivity contribution in [2.24, 2.45) is 17.3 Å². The average Bonchev–Trinajstić information content (AvgIpc) is 2.68. The van der Waals surface area contributed by atoms with Gasteiger partial charge in [0.15, 0.2) is 0 Å². The lowest BCUT2D eigenvalue weighted by atomic mass is 9.69. The van der Waals surface area contributed by atoms with Crippen molar-refractivity contribution >= 4 is 27.3 Å². The summed E-state index contributed by atoms with van der Waals surface area (Å²) in [5.41, 5.74) is 0.415. The van der Waals surface area contributed by atoms with Gasteiger partial charge in [-0.25, -0.2) is 0 Å². The zero-order valence-corrected chi connectivity index (χ0v) is 14.8. The van der Waals surface area contributed by atoms with Crippen molar-refractivity contribution in [1.29, 1.82) is 0 Å². The van der Waals surface area contributed by atoms with Gasteiger partial charge < -0.3 is 5.11 Å². The molecule has 0 amide bonds. The van der Waals surface area contributed by atoms with E-state index in [0.29, 0.717) is 11.3 Å². The molecule has 1 saturated carbocycles. The third-order valence-corrected chi connectivity index (χ3v) is 6.82. The van der Waals surface area contributed by atoms with Crippen molar-refractivity contribution in [3.63, 3.8) is 0 Å². The molecule has 1 aliphatic rings. The number of rotatable bonds is 2. The molecule has 0 bridgehead atoms. The minimum absolute atomic E-state index is 0.268. The van der Waals surface area contributed by atoms with Crippen LogP contribution in [-0.4, -0.2) is 5.11 Å². The zero-order chi connectivity index (χ0) is 14.2. The van der Waals surface area contributed by atoms with Gasteiger partial charge in [-0.3, -0.25) is 0 Å². The van der Waals surface area contributed by atoms with Gasteiger partial charge in [0.1, 0.15) is 0 Å². The first kappa shape index (κ1) is 15.5. The lowest BCUT2D eigenvalue weighted by Gasteiger charge is -2.38. The fourth-order valence-electron chi connectivity index (χ4n) is 3.16. The Hall–Kier alpha value is 0.140. The molecule has 108 valence electrons. The van der Waals surface area contributed by atoms with Gasteiger partial charge in [0, 0.05) is 14.2 Å². The summed E-state index contributed by atoms with van der Waals surface area (Å²) in [4.78, 5) is 2.39. The van der Waals surface area contributed by atoms with Gasteiger partial charge >= 0.3 is 0 Å². The normalized spacial score (nSPS) is 26.4. The molecular formula is C16H25BrOS. The topological polar surface area (TPSA) is 20.2 Å².